The quantitative estimate of drug-likeness (QED) is 0.647. The molecule has 2 atom stereocenters. The van der Waals surface area contributed by atoms with Crippen molar-refractivity contribution in [2.45, 2.75) is 18.6 Å². The van der Waals surface area contributed by atoms with Crippen molar-refractivity contribution >= 4 is 5.91 Å². The monoisotopic (exact) mass is 252 g/mol. The average molecular weight is 252 g/mol. The number of rotatable bonds is 7. The van der Waals surface area contributed by atoms with Gasteiger partial charge in [0.2, 0.25) is 5.91 Å². The van der Waals surface area contributed by atoms with E-state index in [-0.39, 0.29) is 25.0 Å². The fraction of sp³-hybridized carbons (Fsp3) is 0.462. The first-order chi connectivity index (χ1) is 8.67. The molecule has 0 aliphatic rings. The van der Waals surface area contributed by atoms with Gasteiger partial charge in [-0.2, -0.15) is 0 Å². The Balaban J connectivity index is 2.34. The van der Waals surface area contributed by atoms with Gasteiger partial charge in [0, 0.05) is 20.2 Å². The summed E-state index contributed by atoms with van der Waals surface area (Å²) in [6, 6.07) is 9.19. The molecule has 0 heterocycles. The van der Waals surface area contributed by atoms with Gasteiger partial charge in [0.15, 0.2) is 0 Å². The first kappa shape index (κ1) is 14.6. The van der Waals surface area contributed by atoms with Gasteiger partial charge in [0.1, 0.15) is 0 Å². The number of aliphatic hydroxyl groups is 1. The van der Waals surface area contributed by atoms with Crippen LogP contribution in [0, 0.1) is 0 Å². The number of hydrogen-bond donors (Lipinski definition) is 3. The number of nitrogens with two attached hydrogens (primary N) is 1. The fourth-order valence-corrected chi connectivity index (χ4v) is 1.55. The molecule has 0 aliphatic heterocycles. The van der Waals surface area contributed by atoms with Crippen molar-refractivity contribution in [2.24, 2.45) is 5.73 Å². The lowest BCUT2D eigenvalue weighted by molar-refractivity contribution is -0.123. The summed E-state index contributed by atoms with van der Waals surface area (Å²) in [6.45, 7) is 0.481. The normalized spacial score (nSPS) is 13.9. The number of hydrogen-bond acceptors (Lipinski definition) is 4. The van der Waals surface area contributed by atoms with Crippen molar-refractivity contribution in [3.8, 4) is 0 Å². The third-order valence-electron chi connectivity index (χ3n) is 2.69. The maximum absolute atomic E-state index is 11.5. The van der Waals surface area contributed by atoms with Gasteiger partial charge in [-0.05, 0) is 5.56 Å². The SMILES string of the molecule is COC(CN)CC(=O)NCC(O)c1ccccc1. The van der Waals surface area contributed by atoms with Crippen LogP contribution >= 0.6 is 0 Å². The smallest absolute Gasteiger partial charge is 0.222 e. The highest BCUT2D eigenvalue weighted by molar-refractivity contribution is 5.76. The van der Waals surface area contributed by atoms with Gasteiger partial charge in [0.25, 0.3) is 0 Å². The van der Waals surface area contributed by atoms with Gasteiger partial charge in [-0.25, -0.2) is 0 Å². The van der Waals surface area contributed by atoms with Crippen LogP contribution in [0.15, 0.2) is 30.3 Å². The zero-order valence-corrected chi connectivity index (χ0v) is 10.5. The Morgan fingerprint density at radius 2 is 2.11 bits per heavy atom. The molecule has 1 aromatic carbocycles. The number of benzene rings is 1. The van der Waals surface area contributed by atoms with Gasteiger partial charge in [-0.1, -0.05) is 30.3 Å². The molecule has 5 nitrogen and oxygen atoms in total. The number of nitrogens with one attached hydrogen (secondary N) is 1. The highest BCUT2D eigenvalue weighted by atomic mass is 16.5. The third-order valence-corrected chi connectivity index (χ3v) is 2.69. The molecule has 18 heavy (non-hydrogen) atoms. The standard InChI is InChI=1S/C13H20N2O3/c1-18-11(8-14)7-13(17)15-9-12(16)10-5-3-2-4-6-10/h2-6,11-12,16H,7-9,14H2,1H3,(H,15,17). The van der Waals surface area contributed by atoms with E-state index in [1.165, 1.54) is 7.11 Å². The molecule has 1 rings (SSSR count). The number of amides is 1. The van der Waals surface area contributed by atoms with Crippen molar-refractivity contribution in [3.63, 3.8) is 0 Å². The molecule has 0 aromatic heterocycles. The van der Waals surface area contributed by atoms with Gasteiger partial charge in [-0.15, -0.1) is 0 Å². The van der Waals surface area contributed by atoms with Crippen LogP contribution < -0.4 is 11.1 Å². The minimum atomic E-state index is -0.700. The van der Waals surface area contributed by atoms with Crippen LogP contribution in [0.4, 0.5) is 0 Å². The molecule has 0 saturated carbocycles. The zero-order valence-electron chi connectivity index (χ0n) is 10.5. The van der Waals surface area contributed by atoms with E-state index in [1.807, 2.05) is 30.3 Å². The predicted octanol–water partition coefficient (Wildman–Crippen LogP) is 0.200. The van der Waals surface area contributed by atoms with Crippen LogP contribution in [0.5, 0.6) is 0 Å². The summed E-state index contributed by atoms with van der Waals surface area (Å²) in [5.74, 6) is -0.178. The Kier molecular flexibility index (Phi) is 6.35. The number of carbonyl (C=O) groups excluding carboxylic acids is 1. The molecule has 0 bridgehead atoms. The second-order valence-electron chi connectivity index (χ2n) is 4.03. The summed E-state index contributed by atoms with van der Waals surface area (Å²) in [5.41, 5.74) is 6.20. The Hall–Kier alpha value is -1.43. The fourth-order valence-electron chi connectivity index (χ4n) is 1.55. The highest BCUT2D eigenvalue weighted by Gasteiger charge is 2.13. The van der Waals surface area contributed by atoms with Crippen molar-refractivity contribution in [3.05, 3.63) is 35.9 Å². The maximum atomic E-state index is 11.5. The van der Waals surface area contributed by atoms with Crippen LogP contribution in [0.1, 0.15) is 18.1 Å². The zero-order chi connectivity index (χ0) is 13.4. The maximum Gasteiger partial charge on any atom is 0.222 e. The van der Waals surface area contributed by atoms with Crippen molar-refractivity contribution in [1.82, 2.24) is 5.32 Å². The molecule has 0 fully saturated rings. The molecular weight excluding hydrogens is 232 g/mol. The second-order valence-corrected chi connectivity index (χ2v) is 4.03. The predicted molar refractivity (Wildman–Crippen MR) is 68.9 cm³/mol. The van der Waals surface area contributed by atoms with Crippen LogP contribution in [-0.2, 0) is 9.53 Å². The van der Waals surface area contributed by atoms with E-state index in [2.05, 4.69) is 5.32 Å². The average Bonchev–Trinajstić information content (AvgIpc) is 2.43. The Labute approximate surface area is 107 Å². The van der Waals surface area contributed by atoms with Crippen molar-refractivity contribution < 1.29 is 14.6 Å². The first-order valence-electron chi connectivity index (χ1n) is 5.90. The lowest BCUT2D eigenvalue weighted by Crippen LogP contribution is -2.34. The van der Waals surface area contributed by atoms with E-state index >= 15 is 0 Å². The van der Waals surface area contributed by atoms with E-state index in [1.54, 1.807) is 0 Å². The topological polar surface area (TPSA) is 84.6 Å². The van der Waals surface area contributed by atoms with Gasteiger partial charge < -0.3 is 20.9 Å². The minimum Gasteiger partial charge on any atom is -0.387 e. The van der Waals surface area contributed by atoms with Gasteiger partial charge >= 0.3 is 0 Å². The molecule has 0 spiro atoms. The Morgan fingerprint density at radius 3 is 2.67 bits per heavy atom. The van der Waals surface area contributed by atoms with E-state index in [0.717, 1.165) is 5.56 Å². The van der Waals surface area contributed by atoms with E-state index in [4.69, 9.17) is 10.5 Å². The Morgan fingerprint density at radius 1 is 1.44 bits per heavy atom. The molecule has 0 saturated heterocycles. The molecule has 0 aliphatic carbocycles. The third kappa shape index (κ3) is 4.83. The van der Waals surface area contributed by atoms with Crippen LogP contribution in [-0.4, -0.2) is 37.3 Å². The first-order valence-corrected chi connectivity index (χ1v) is 5.90. The molecule has 4 N–H and O–H groups in total. The van der Waals surface area contributed by atoms with Crippen molar-refractivity contribution in [1.29, 1.82) is 0 Å². The molecule has 100 valence electrons. The summed E-state index contributed by atoms with van der Waals surface area (Å²) in [7, 11) is 1.52. The second kappa shape index (κ2) is 7.81. The summed E-state index contributed by atoms with van der Waals surface area (Å²) in [6.07, 6.45) is -0.776. The van der Waals surface area contributed by atoms with E-state index < -0.39 is 6.10 Å². The molecule has 2 unspecified atom stereocenters. The van der Waals surface area contributed by atoms with Crippen LogP contribution in [0.2, 0.25) is 0 Å². The van der Waals surface area contributed by atoms with Crippen LogP contribution in [0.3, 0.4) is 0 Å². The number of ether oxygens (including phenoxy) is 1. The summed E-state index contributed by atoms with van der Waals surface area (Å²) < 4.78 is 5.01. The molecular formula is C13H20N2O3. The van der Waals surface area contributed by atoms with Crippen LogP contribution in [0.25, 0.3) is 0 Å². The van der Waals surface area contributed by atoms with E-state index in [0.29, 0.717) is 6.54 Å². The number of carbonyl (C=O) groups is 1. The van der Waals surface area contributed by atoms with Gasteiger partial charge in [-0.3, -0.25) is 4.79 Å². The highest BCUT2D eigenvalue weighted by Crippen LogP contribution is 2.10. The van der Waals surface area contributed by atoms with Crippen molar-refractivity contribution in [2.75, 3.05) is 20.2 Å². The Bertz CT molecular complexity index is 353. The molecule has 1 amide bonds. The van der Waals surface area contributed by atoms with Gasteiger partial charge in [0.05, 0.1) is 18.6 Å². The number of methoxy groups -OCH3 is 1. The van der Waals surface area contributed by atoms with E-state index in [9.17, 15) is 9.90 Å². The summed E-state index contributed by atoms with van der Waals surface area (Å²) in [4.78, 5) is 11.5. The number of aliphatic hydroxyl groups excluding tert-OH is 1. The minimum absolute atomic E-state index is 0.178. The lowest BCUT2D eigenvalue weighted by atomic mass is 10.1. The largest absolute Gasteiger partial charge is 0.387 e. The lowest BCUT2D eigenvalue weighted by Gasteiger charge is -2.15. The molecule has 5 heteroatoms. The molecule has 1 aromatic rings. The summed E-state index contributed by atoms with van der Waals surface area (Å²) >= 11 is 0. The summed E-state index contributed by atoms with van der Waals surface area (Å²) in [5, 5.41) is 12.5. The molecule has 0 radical (unpaired) electrons.